The fraction of sp³-hybridized carbons (Fsp3) is 0.400. The van der Waals surface area contributed by atoms with Gasteiger partial charge in [0.1, 0.15) is 5.75 Å². The molecule has 0 aliphatic carbocycles. The summed E-state index contributed by atoms with van der Waals surface area (Å²) in [6.45, 7) is 2.21. The number of hydrogen-bond donors (Lipinski definition) is 0. The van der Waals surface area contributed by atoms with E-state index in [-0.39, 0.29) is 5.97 Å². The van der Waals surface area contributed by atoms with Gasteiger partial charge in [-0.25, -0.2) is 0 Å². The van der Waals surface area contributed by atoms with Crippen molar-refractivity contribution in [2.45, 2.75) is 18.5 Å². The maximum absolute atomic E-state index is 11.3. The number of rotatable bonds is 7. The number of carbonyl (C=O) groups is 1. The van der Waals surface area contributed by atoms with Crippen LogP contribution in [-0.4, -0.2) is 40.2 Å². The molecule has 0 saturated carbocycles. The van der Waals surface area contributed by atoms with Gasteiger partial charge in [-0.15, -0.1) is 10.2 Å². The smallest absolute Gasteiger partial charge is 0.306 e. The van der Waals surface area contributed by atoms with E-state index in [2.05, 4.69) is 10.2 Å². The number of ether oxygens (including phenoxy) is 2. The van der Waals surface area contributed by atoms with Gasteiger partial charge in [-0.05, 0) is 19.1 Å². The van der Waals surface area contributed by atoms with Crippen LogP contribution in [-0.2, 0) is 16.6 Å². The van der Waals surface area contributed by atoms with Gasteiger partial charge in [-0.3, -0.25) is 4.79 Å². The largest absolute Gasteiger partial charge is 0.496 e. The Hall–Kier alpha value is -2.02. The van der Waals surface area contributed by atoms with Crippen molar-refractivity contribution in [1.29, 1.82) is 0 Å². The average Bonchev–Trinajstić information content (AvgIpc) is 2.88. The average molecular weight is 321 g/mol. The summed E-state index contributed by atoms with van der Waals surface area (Å²) in [6.07, 6.45) is 0.357. The molecule has 118 valence electrons. The Balaban J connectivity index is 2.08. The minimum absolute atomic E-state index is 0.192. The normalized spacial score (nSPS) is 10.5. The molecule has 0 saturated heterocycles. The van der Waals surface area contributed by atoms with Crippen LogP contribution in [0.1, 0.15) is 13.3 Å². The molecular formula is C15H19N3O3S. The maximum atomic E-state index is 11.3. The van der Waals surface area contributed by atoms with Crippen LogP contribution >= 0.6 is 11.8 Å². The standard InChI is InChI=1S/C15H19N3O3S/c1-4-21-13(19)9-10-22-15-17-16-14(18(15)2)11-7-5-6-8-12(11)20-3/h5-8H,4,9-10H2,1-3H3. The number of nitrogens with zero attached hydrogens (tertiary/aromatic N) is 3. The molecule has 1 aromatic heterocycles. The zero-order valence-electron chi connectivity index (χ0n) is 12.9. The SMILES string of the molecule is CCOC(=O)CCSc1nnc(-c2ccccc2OC)n1C. The van der Waals surface area contributed by atoms with Gasteiger partial charge >= 0.3 is 5.97 Å². The lowest BCUT2D eigenvalue weighted by Gasteiger charge is -2.08. The van der Waals surface area contributed by atoms with Gasteiger partial charge in [0, 0.05) is 12.8 Å². The molecule has 7 heteroatoms. The zero-order chi connectivity index (χ0) is 15.9. The van der Waals surface area contributed by atoms with E-state index in [0.717, 1.165) is 22.3 Å². The number of hydrogen-bond acceptors (Lipinski definition) is 6. The minimum atomic E-state index is -0.192. The van der Waals surface area contributed by atoms with Crippen LogP contribution in [0.25, 0.3) is 11.4 Å². The van der Waals surface area contributed by atoms with E-state index in [1.165, 1.54) is 11.8 Å². The van der Waals surface area contributed by atoms with Crippen LogP contribution in [0.4, 0.5) is 0 Å². The van der Waals surface area contributed by atoms with Gasteiger partial charge < -0.3 is 14.0 Å². The molecule has 1 heterocycles. The molecule has 6 nitrogen and oxygen atoms in total. The van der Waals surface area contributed by atoms with Crippen molar-refractivity contribution in [3.05, 3.63) is 24.3 Å². The van der Waals surface area contributed by atoms with Crippen molar-refractivity contribution >= 4 is 17.7 Å². The second-order valence-corrected chi connectivity index (χ2v) is 5.53. The van der Waals surface area contributed by atoms with Crippen LogP contribution < -0.4 is 4.74 Å². The summed E-state index contributed by atoms with van der Waals surface area (Å²) < 4.78 is 12.2. The second kappa shape index (κ2) is 7.84. The highest BCUT2D eigenvalue weighted by Gasteiger charge is 2.15. The first-order valence-electron chi connectivity index (χ1n) is 6.98. The third-order valence-electron chi connectivity index (χ3n) is 3.03. The molecule has 0 amide bonds. The maximum Gasteiger partial charge on any atom is 0.306 e. The van der Waals surface area contributed by atoms with Gasteiger partial charge in [-0.1, -0.05) is 23.9 Å². The third kappa shape index (κ3) is 3.79. The molecule has 0 N–H and O–H groups in total. The molecule has 0 atom stereocenters. The highest BCUT2D eigenvalue weighted by atomic mass is 32.2. The van der Waals surface area contributed by atoms with E-state index in [0.29, 0.717) is 18.8 Å². The fourth-order valence-electron chi connectivity index (χ4n) is 1.96. The Morgan fingerprint density at radius 2 is 2.09 bits per heavy atom. The third-order valence-corrected chi connectivity index (χ3v) is 4.05. The van der Waals surface area contributed by atoms with E-state index in [1.807, 2.05) is 35.9 Å². The van der Waals surface area contributed by atoms with Gasteiger partial charge in [0.15, 0.2) is 11.0 Å². The molecule has 0 unspecified atom stereocenters. The van der Waals surface area contributed by atoms with E-state index < -0.39 is 0 Å². The first kappa shape index (κ1) is 16.4. The van der Waals surface area contributed by atoms with Crippen molar-refractivity contribution in [1.82, 2.24) is 14.8 Å². The van der Waals surface area contributed by atoms with E-state index in [1.54, 1.807) is 14.0 Å². The van der Waals surface area contributed by atoms with Crippen molar-refractivity contribution in [2.24, 2.45) is 7.05 Å². The first-order chi connectivity index (χ1) is 10.7. The van der Waals surface area contributed by atoms with Crippen LogP contribution in [0.5, 0.6) is 5.75 Å². The number of esters is 1. The molecule has 0 bridgehead atoms. The predicted octanol–water partition coefficient (Wildman–Crippen LogP) is 2.54. The van der Waals surface area contributed by atoms with Crippen molar-refractivity contribution in [3.8, 4) is 17.1 Å². The number of methoxy groups -OCH3 is 1. The lowest BCUT2D eigenvalue weighted by atomic mass is 10.2. The summed E-state index contributed by atoms with van der Waals surface area (Å²) in [5.74, 6) is 1.90. The monoisotopic (exact) mass is 321 g/mol. The summed E-state index contributed by atoms with van der Waals surface area (Å²) >= 11 is 1.48. The Kier molecular flexibility index (Phi) is 5.83. The van der Waals surface area contributed by atoms with Gasteiger partial charge in [0.25, 0.3) is 0 Å². The molecule has 0 aliphatic heterocycles. The molecule has 0 radical (unpaired) electrons. The summed E-state index contributed by atoms with van der Waals surface area (Å²) in [5, 5.41) is 9.16. The molecule has 1 aromatic carbocycles. The number of thioether (sulfide) groups is 1. The minimum Gasteiger partial charge on any atom is -0.496 e. The van der Waals surface area contributed by atoms with Crippen LogP contribution in [0.15, 0.2) is 29.4 Å². The van der Waals surface area contributed by atoms with Gasteiger partial charge in [0.2, 0.25) is 0 Å². The van der Waals surface area contributed by atoms with Crippen molar-refractivity contribution in [3.63, 3.8) is 0 Å². The topological polar surface area (TPSA) is 66.2 Å². The Morgan fingerprint density at radius 3 is 2.82 bits per heavy atom. The lowest BCUT2D eigenvalue weighted by molar-refractivity contribution is -0.142. The second-order valence-electron chi connectivity index (χ2n) is 4.47. The molecule has 2 rings (SSSR count). The van der Waals surface area contributed by atoms with Crippen LogP contribution in [0.2, 0.25) is 0 Å². The Bertz CT molecular complexity index is 643. The predicted molar refractivity (Wildman–Crippen MR) is 85.0 cm³/mol. The lowest BCUT2D eigenvalue weighted by Crippen LogP contribution is -2.05. The summed E-state index contributed by atoms with van der Waals surface area (Å²) in [6, 6.07) is 7.67. The molecule has 0 spiro atoms. The fourth-order valence-corrected chi connectivity index (χ4v) is 2.79. The number of carbonyl (C=O) groups excluding carboxylic acids is 1. The Morgan fingerprint density at radius 1 is 1.32 bits per heavy atom. The molecule has 0 fully saturated rings. The highest BCUT2D eigenvalue weighted by molar-refractivity contribution is 7.99. The molecule has 2 aromatic rings. The molecule has 22 heavy (non-hydrogen) atoms. The summed E-state index contributed by atoms with van der Waals surface area (Å²) in [5.41, 5.74) is 0.886. The van der Waals surface area contributed by atoms with E-state index in [9.17, 15) is 4.79 Å². The number of para-hydroxylation sites is 1. The first-order valence-corrected chi connectivity index (χ1v) is 7.97. The molecular weight excluding hydrogens is 302 g/mol. The van der Waals surface area contributed by atoms with E-state index in [4.69, 9.17) is 9.47 Å². The Labute approximate surface area is 133 Å². The van der Waals surface area contributed by atoms with Crippen molar-refractivity contribution in [2.75, 3.05) is 19.5 Å². The van der Waals surface area contributed by atoms with Crippen LogP contribution in [0.3, 0.4) is 0 Å². The van der Waals surface area contributed by atoms with E-state index >= 15 is 0 Å². The number of aromatic nitrogens is 3. The zero-order valence-corrected chi connectivity index (χ0v) is 13.7. The summed E-state index contributed by atoms with van der Waals surface area (Å²) in [7, 11) is 3.53. The summed E-state index contributed by atoms with van der Waals surface area (Å²) in [4.78, 5) is 11.3. The quantitative estimate of drug-likeness (QED) is 0.577. The molecule has 0 aliphatic rings. The van der Waals surface area contributed by atoms with Gasteiger partial charge in [0.05, 0.1) is 25.7 Å². The van der Waals surface area contributed by atoms with Crippen molar-refractivity contribution < 1.29 is 14.3 Å². The highest BCUT2D eigenvalue weighted by Crippen LogP contribution is 2.30. The van der Waals surface area contributed by atoms with Gasteiger partial charge in [-0.2, -0.15) is 0 Å². The van der Waals surface area contributed by atoms with Crippen LogP contribution in [0, 0.1) is 0 Å². The number of benzene rings is 1.